The zero-order chi connectivity index (χ0) is 15.9. The number of hydrogen-bond acceptors (Lipinski definition) is 3. The topological polar surface area (TPSA) is 64.1 Å². The van der Waals surface area contributed by atoms with E-state index >= 15 is 0 Å². The average Bonchev–Trinajstić information content (AvgIpc) is 2.88. The van der Waals surface area contributed by atoms with Crippen LogP contribution in [0, 0.1) is 13.8 Å². The zero-order valence-electron chi connectivity index (χ0n) is 12.1. The van der Waals surface area contributed by atoms with E-state index in [0.29, 0.717) is 5.89 Å². The Morgan fingerprint density at radius 3 is 2.82 bits per heavy atom. The van der Waals surface area contributed by atoms with E-state index < -0.39 is 0 Å². The molecule has 0 bridgehead atoms. The van der Waals surface area contributed by atoms with Gasteiger partial charge in [-0.05, 0) is 77.4 Å². The number of aryl methyl sites for hydroxylation is 1. The monoisotopic (exact) mass is 375 g/mol. The Labute approximate surface area is 141 Å². The SMILES string of the molecule is Cc1cc2nc(-c3cccc(NC(N)=S)c3)oc2c(Br)c1C. The molecule has 0 aliphatic rings. The number of benzene rings is 2. The highest BCUT2D eigenvalue weighted by Crippen LogP contribution is 2.33. The first kappa shape index (κ1) is 15.0. The van der Waals surface area contributed by atoms with Gasteiger partial charge in [-0.25, -0.2) is 4.98 Å². The van der Waals surface area contributed by atoms with Crippen molar-refractivity contribution in [1.29, 1.82) is 0 Å². The molecule has 3 aromatic rings. The minimum absolute atomic E-state index is 0.226. The van der Waals surface area contributed by atoms with Crippen LogP contribution in [-0.4, -0.2) is 10.1 Å². The molecule has 3 rings (SSSR count). The van der Waals surface area contributed by atoms with Crippen molar-refractivity contribution in [3.8, 4) is 11.5 Å². The van der Waals surface area contributed by atoms with Crippen LogP contribution >= 0.6 is 28.1 Å². The molecule has 0 atom stereocenters. The van der Waals surface area contributed by atoms with Crippen molar-refractivity contribution in [2.45, 2.75) is 13.8 Å². The van der Waals surface area contributed by atoms with Gasteiger partial charge in [-0.15, -0.1) is 0 Å². The summed E-state index contributed by atoms with van der Waals surface area (Å²) in [5.74, 6) is 0.562. The molecule has 112 valence electrons. The highest BCUT2D eigenvalue weighted by Gasteiger charge is 2.14. The van der Waals surface area contributed by atoms with Gasteiger partial charge in [0, 0.05) is 11.3 Å². The van der Waals surface area contributed by atoms with E-state index in [9.17, 15) is 0 Å². The number of oxazole rings is 1. The summed E-state index contributed by atoms with van der Waals surface area (Å²) in [6.07, 6.45) is 0. The van der Waals surface area contributed by atoms with Gasteiger partial charge in [0.1, 0.15) is 5.52 Å². The maximum absolute atomic E-state index is 5.93. The van der Waals surface area contributed by atoms with Crippen molar-refractivity contribution < 1.29 is 4.42 Å². The summed E-state index contributed by atoms with van der Waals surface area (Å²) in [6, 6.07) is 9.64. The molecule has 1 aromatic heterocycles. The van der Waals surface area contributed by atoms with E-state index in [0.717, 1.165) is 32.4 Å². The van der Waals surface area contributed by atoms with Crippen LogP contribution in [0.2, 0.25) is 0 Å². The number of fused-ring (bicyclic) bond motifs is 1. The quantitative estimate of drug-likeness (QED) is 0.644. The second-order valence-corrected chi connectivity index (χ2v) is 6.30. The zero-order valence-corrected chi connectivity index (χ0v) is 14.5. The summed E-state index contributed by atoms with van der Waals surface area (Å²) in [7, 11) is 0. The summed E-state index contributed by atoms with van der Waals surface area (Å²) in [4.78, 5) is 4.58. The number of halogens is 1. The third kappa shape index (κ3) is 2.71. The number of nitrogens with two attached hydrogens (primary N) is 1. The first-order valence-electron chi connectivity index (χ1n) is 6.69. The number of nitrogens with zero attached hydrogens (tertiary/aromatic N) is 1. The van der Waals surface area contributed by atoms with Crippen LogP contribution in [0.15, 0.2) is 39.2 Å². The van der Waals surface area contributed by atoms with Gasteiger partial charge in [-0.2, -0.15) is 0 Å². The summed E-state index contributed by atoms with van der Waals surface area (Å²) < 4.78 is 6.87. The molecule has 4 nitrogen and oxygen atoms in total. The molecule has 0 aliphatic heterocycles. The number of nitrogens with one attached hydrogen (secondary N) is 1. The third-order valence-electron chi connectivity index (χ3n) is 3.50. The molecule has 3 N–H and O–H groups in total. The molecule has 0 saturated heterocycles. The van der Waals surface area contributed by atoms with E-state index in [1.54, 1.807) is 0 Å². The molecule has 0 spiro atoms. The smallest absolute Gasteiger partial charge is 0.227 e. The van der Waals surface area contributed by atoms with Crippen molar-refractivity contribution in [2.75, 3.05) is 5.32 Å². The molecule has 22 heavy (non-hydrogen) atoms. The summed E-state index contributed by atoms with van der Waals surface area (Å²) in [5, 5.41) is 3.13. The standard InChI is InChI=1S/C16H14BrN3OS/c1-8-6-12-14(13(17)9(8)2)21-15(20-12)10-4-3-5-11(7-10)19-16(18)22/h3-7H,1-2H3,(H3,18,19,22). The Hall–Kier alpha value is -1.92. The highest BCUT2D eigenvalue weighted by atomic mass is 79.9. The van der Waals surface area contributed by atoms with Gasteiger partial charge in [0.2, 0.25) is 5.89 Å². The van der Waals surface area contributed by atoms with Crippen LogP contribution in [0.25, 0.3) is 22.6 Å². The van der Waals surface area contributed by atoms with Crippen LogP contribution in [0.1, 0.15) is 11.1 Å². The molecule has 0 aliphatic carbocycles. The fraction of sp³-hybridized carbons (Fsp3) is 0.125. The van der Waals surface area contributed by atoms with E-state index in [2.05, 4.69) is 33.2 Å². The Morgan fingerprint density at radius 1 is 1.32 bits per heavy atom. The first-order chi connectivity index (χ1) is 10.5. The lowest BCUT2D eigenvalue weighted by molar-refractivity contribution is 0.617. The largest absolute Gasteiger partial charge is 0.435 e. The molecule has 1 heterocycles. The average molecular weight is 376 g/mol. The third-order valence-corrected chi connectivity index (χ3v) is 4.56. The van der Waals surface area contributed by atoms with Crippen LogP contribution in [0.3, 0.4) is 0 Å². The summed E-state index contributed by atoms with van der Waals surface area (Å²) in [6.45, 7) is 4.11. The van der Waals surface area contributed by atoms with Gasteiger partial charge in [0.05, 0.1) is 4.47 Å². The Kier molecular flexibility index (Phi) is 3.88. The van der Waals surface area contributed by atoms with Crippen LogP contribution in [0.5, 0.6) is 0 Å². The summed E-state index contributed by atoms with van der Waals surface area (Å²) in [5.41, 5.74) is 11.1. The molecular weight excluding hydrogens is 362 g/mol. The minimum atomic E-state index is 0.226. The van der Waals surface area contributed by atoms with Crippen molar-refractivity contribution in [3.63, 3.8) is 0 Å². The number of hydrogen-bond donors (Lipinski definition) is 2. The van der Waals surface area contributed by atoms with Gasteiger partial charge in [-0.1, -0.05) is 6.07 Å². The van der Waals surface area contributed by atoms with Crippen molar-refractivity contribution in [3.05, 3.63) is 45.9 Å². The van der Waals surface area contributed by atoms with E-state index in [4.69, 9.17) is 22.4 Å². The lowest BCUT2D eigenvalue weighted by Crippen LogP contribution is -2.18. The number of rotatable bonds is 2. The van der Waals surface area contributed by atoms with Gasteiger partial charge < -0.3 is 15.5 Å². The lowest BCUT2D eigenvalue weighted by atomic mass is 10.1. The van der Waals surface area contributed by atoms with E-state index in [1.807, 2.05) is 37.3 Å². The fourth-order valence-electron chi connectivity index (χ4n) is 2.24. The van der Waals surface area contributed by atoms with Crippen molar-refractivity contribution in [2.24, 2.45) is 5.73 Å². The second-order valence-electron chi connectivity index (χ2n) is 5.07. The Morgan fingerprint density at radius 2 is 2.09 bits per heavy atom. The molecule has 2 aromatic carbocycles. The van der Waals surface area contributed by atoms with Crippen molar-refractivity contribution >= 4 is 50.0 Å². The Balaban J connectivity index is 2.11. The fourth-order valence-corrected chi connectivity index (χ4v) is 2.95. The van der Waals surface area contributed by atoms with Crippen molar-refractivity contribution in [1.82, 2.24) is 4.98 Å². The molecule has 0 unspecified atom stereocenters. The first-order valence-corrected chi connectivity index (χ1v) is 7.89. The number of thiocarbonyl (C=S) groups is 1. The predicted octanol–water partition coefficient (Wildman–Crippen LogP) is 4.53. The van der Waals surface area contributed by atoms with Crippen LogP contribution in [-0.2, 0) is 0 Å². The highest BCUT2D eigenvalue weighted by molar-refractivity contribution is 9.10. The molecule has 0 saturated carbocycles. The van der Waals surface area contributed by atoms with Crippen LogP contribution < -0.4 is 11.1 Å². The van der Waals surface area contributed by atoms with Gasteiger partial charge in [0.25, 0.3) is 0 Å². The second kappa shape index (κ2) is 5.70. The number of aromatic nitrogens is 1. The molecule has 0 radical (unpaired) electrons. The summed E-state index contributed by atoms with van der Waals surface area (Å²) >= 11 is 8.44. The maximum Gasteiger partial charge on any atom is 0.227 e. The molecular formula is C16H14BrN3OS. The van der Waals surface area contributed by atoms with Gasteiger partial charge in [0.15, 0.2) is 10.7 Å². The predicted molar refractivity (Wildman–Crippen MR) is 97.0 cm³/mol. The van der Waals surface area contributed by atoms with E-state index in [-0.39, 0.29) is 5.11 Å². The molecule has 6 heteroatoms. The van der Waals surface area contributed by atoms with E-state index in [1.165, 1.54) is 5.56 Å². The normalized spacial score (nSPS) is 10.9. The van der Waals surface area contributed by atoms with Crippen LogP contribution in [0.4, 0.5) is 5.69 Å². The number of anilines is 1. The Bertz CT molecular complexity index is 888. The minimum Gasteiger partial charge on any atom is -0.435 e. The van der Waals surface area contributed by atoms with Gasteiger partial charge >= 0.3 is 0 Å². The molecule has 0 fully saturated rings. The molecule has 0 amide bonds. The lowest BCUT2D eigenvalue weighted by Gasteiger charge is -2.04. The maximum atomic E-state index is 5.93. The van der Waals surface area contributed by atoms with Gasteiger partial charge in [-0.3, -0.25) is 0 Å².